The van der Waals surface area contributed by atoms with Crippen molar-refractivity contribution in [2.24, 2.45) is 0 Å². The maximum absolute atomic E-state index is 12.7. The van der Waals surface area contributed by atoms with Crippen LogP contribution in [0.4, 0.5) is 17.1 Å². The van der Waals surface area contributed by atoms with Crippen LogP contribution in [0.2, 0.25) is 5.02 Å². The molecule has 134 heavy (non-hydrogen) atoms. The van der Waals surface area contributed by atoms with Crippen molar-refractivity contribution in [2.75, 3.05) is 40.6 Å². The number of rotatable bonds is 36. The number of piperidine rings is 1. The van der Waals surface area contributed by atoms with Crippen LogP contribution in [0.5, 0.6) is 0 Å². The number of hydrogen-bond acceptors (Lipinski definition) is 14. The lowest BCUT2D eigenvalue weighted by Crippen LogP contribution is -2.30. The molecule has 0 spiro atoms. The van der Waals surface area contributed by atoms with Crippen molar-refractivity contribution in [1.82, 2.24) is 4.57 Å². The average molecular weight is 2080 g/mol. The van der Waals surface area contributed by atoms with Gasteiger partial charge in [0.2, 0.25) is 5.91 Å². The largest absolute Gasteiger partial charge is 0.772 e. The van der Waals surface area contributed by atoms with Gasteiger partial charge < -0.3 is 32.6 Å². The van der Waals surface area contributed by atoms with Gasteiger partial charge >= 0.3 is 0 Å². The Morgan fingerprint density at radius 1 is 0.425 bits per heavy atom. The number of hydrogen-bond donors (Lipinski definition) is 0. The van der Waals surface area contributed by atoms with Gasteiger partial charge in [0.1, 0.15) is 0 Å². The van der Waals surface area contributed by atoms with Crippen LogP contribution in [-0.2, 0) is 97.6 Å². The minimum Gasteiger partial charge on any atom is -0.772 e. The second-order valence-electron chi connectivity index (χ2n) is 39.9. The van der Waals surface area contributed by atoms with Crippen molar-refractivity contribution in [3.8, 4) is 0 Å². The summed E-state index contributed by atoms with van der Waals surface area (Å²) in [4.78, 5) is 42.2. The first-order chi connectivity index (χ1) is 62.9. The lowest BCUT2D eigenvalue weighted by atomic mass is 10.0. The Morgan fingerprint density at radius 3 is 1.17 bits per heavy atom. The summed E-state index contributed by atoms with van der Waals surface area (Å²) >= 11 is 0.601. The molecule has 0 aliphatic carbocycles. The molecule has 1 saturated heterocycles. The van der Waals surface area contributed by atoms with Gasteiger partial charge in [0.05, 0.1) is 27.3 Å². The lowest BCUT2D eigenvalue weighted by molar-refractivity contribution is -0.116. The third-order valence-electron chi connectivity index (χ3n) is 23.0. The first kappa shape index (κ1) is 124. The first-order valence-corrected chi connectivity index (χ1v) is 56.6. The Balaban J connectivity index is 0.000000532. The Labute approximate surface area is 840 Å². The second-order valence-corrected chi connectivity index (χ2v) is 51.3. The van der Waals surface area contributed by atoms with Gasteiger partial charge in [0.15, 0.2) is 9.84 Å². The SMILES string of the molecule is CC(=O)N(C)c1ccc(CCCCCCCS(=O)(=O)C(C)(C)C)cc1.CC(C)(C)S(=O)[O-].CC(C)(C)S(=O)[O-].CC(C)(C)S(=O)[O-].CC(C)(C)S(=O)[O-].CCCCCCCc1ccc(I)cc1.CCCCCCCc1ccc(N2C(=O)c3ccc(Cl)cc3C2=O)c(C)c1.CCCCCCCc1ccc(N2CCCCC2)cc1.CCCCCCCc1ccc2c(c1)c1ccccc1n2CC. The van der Waals surface area contributed by atoms with E-state index in [1.54, 1.807) is 141 Å². The molecule has 0 bridgehead atoms. The Morgan fingerprint density at radius 2 is 0.776 bits per heavy atom. The maximum atomic E-state index is 12.7. The molecule has 1 aromatic heterocycles. The molecule has 4 atom stereocenters. The van der Waals surface area contributed by atoms with E-state index in [4.69, 9.17) is 11.6 Å². The summed E-state index contributed by atoms with van der Waals surface area (Å²) in [5.74, 6) is -0.261. The van der Waals surface area contributed by atoms with Crippen LogP contribution < -0.4 is 14.7 Å². The van der Waals surface area contributed by atoms with Crippen LogP contribution in [-0.4, -0.2) is 115 Å². The van der Waals surface area contributed by atoms with E-state index in [0.717, 1.165) is 62.7 Å². The average Bonchev–Trinajstić information content (AvgIpc) is 1.61. The molecule has 24 heteroatoms. The highest BCUT2D eigenvalue weighted by molar-refractivity contribution is 14.1. The van der Waals surface area contributed by atoms with Crippen molar-refractivity contribution in [3.63, 3.8) is 0 Å². The fourth-order valence-electron chi connectivity index (χ4n) is 14.1. The zero-order valence-electron chi connectivity index (χ0n) is 86.0. The zero-order valence-corrected chi connectivity index (χ0v) is 93.0. The molecule has 1 fully saturated rings. The summed E-state index contributed by atoms with van der Waals surface area (Å²) in [7, 11) is -1.20. The van der Waals surface area contributed by atoms with Gasteiger partial charge in [0.25, 0.3) is 11.8 Å². The van der Waals surface area contributed by atoms with Crippen LogP contribution in [0.1, 0.15) is 379 Å². The summed E-state index contributed by atoms with van der Waals surface area (Å²) in [6, 6.07) is 53.0. The van der Waals surface area contributed by atoms with E-state index < -0.39 is 77.9 Å². The van der Waals surface area contributed by atoms with Crippen molar-refractivity contribution < 1.29 is 57.8 Å². The van der Waals surface area contributed by atoms with E-state index in [1.807, 2.05) is 31.2 Å². The van der Waals surface area contributed by atoms with E-state index >= 15 is 0 Å². The van der Waals surface area contributed by atoms with E-state index in [9.17, 15) is 57.8 Å². The predicted octanol–water partition coefficient (Wildman–Crippen LogP) is 29.3. The minimum atomic E-state index is -2.98. The number of anilines is 3. The van der Waals surface area contributed by atoms with Crippen LogP contribution in [0, 0.1) is 10.5 Å². The molecular formula is C110H168ClIN4O13S5-4. The summed E-state index contributed by atoms with van der Waals surface area (Å²) < 4.78 is 105. The number of aromatic nitrogens is 1. The summed E-state index contributed by atoms with van der Waals surface area (Å²) in [5, 5.41) is 3.28. The molecule has 2 aliphatic rings. The number of imide groups is 1. The van der Waals surface area contributed by atoms with Crippen LogP contribution in [0.15, 0.2) is 152 Å². The van der Waals surface area contributed by atoms with Gasteiger partial charge in [-0.25, -0.2) is 13.3 Å². The second kappa shape index (κ2) is 65.2. The van der Waals surface area contributed by atoms with Gasteiger partial charge in [-0.05, 0) is 387 Å². The lowest BCUT2D eigenvalue weighted by Gasteiger charge is -2.28. The van der Waals surface area contributed by atoms with E-state index in [0.29, 0.717) is 27.6 Å². The number of sulfone groups is 1. The molecule has 754 valence electrons. The Kier molecular flexibility index (Phi) is 60.5. The predicted molar refractivity (Wildman–Crippen MR) is 581 cm³/mol. The molecule has 10 rings (SSSR count). The third kappa shape index (κ3) is 49.3. The Bertz CT molecular complexity index is 4810. The quantitative estimate of drug-likeness (QED) is 0.0153. The minimum absolute atomic E-state index is 0.0289. The molecule has 0 saturated carbocycles. The highest BCUT2D eigenvalue weighted by atomic mass is 127. The molecular weight excluding hydrogens is 1910 g/mol. The zero-order chi connectivity index (χ0) is 101. The molecule has 0 radical (unpaired) electrons. The molecule has 7 aromatic carbocycles. The molecule has 17 nitrogen and oxygen atoms in total. The van der Waals surface area contributed by atoms with Gasteiger partial charge in [0, 0.05) is 94.4 Å². The molecule has 4 unspecified atom stereocenters. The van der Waals surface area contributed by atoms with Crippen molar-refractivity contribution >= 4 is 145 Å². The monoisotopic (exact) mass is 2070 g/mol. The summed E-state index contributed by atoms with van der Waals surface area (Å²) in [5.41, 5.74) is 14.5. The van der Waals surface area contributed by atoms with Gasteiger partial charge in [-0.3, -0.25) is 31.2 Å². The maximum Gasteiger partial charge on any atom is 0.266 e. The number of halogens is 2. The number of amides is 3. The number of aryl methyl sites for hydroxylation is 7. The van der Waals surface area contributed by atoms with E-state index in [-0.39, 0.29) is 17.7 Å². The number of unbranched alkanes of at least 4 members (excludes halogenated alkanes) is 20. The fourth-order valence-corrected chi connectivity index (χ4v) is 15.8. The summed E-state index contributed by atoms with van der Waals surface area (Å²) in [6.07, 6.45) is 41.7. The third-order valence-corrected chi connectivity index (χ3v) is 30.6. The number of fused-ring (bicyclic) bond motifs is 4. The van der Waals surface area contributed by atoms with E-state index in [1.165, 1.54) is 244 Å². The van der Waals surface area contributed by atoms with Gasteiger partial charge in [-0.15, -0.1) is 0 Å². The highest BCUT2D eigenvalue weighted by Crippen LogP contribution is 2.35. The molecule has 8 aromatic rings. The number of carbonyl (C=O) groups excluding carboxylic acids is 3. The standard InChI is InChI=1S/C22H24ClNO2.C21H27N.C20H33NO3S.C18H29N.C13H19I.4C4H10O2S/c1-3-4-5-6-7-8-16-9-12-20(15(2)13-16)24-21(25)18-11-10-17(23)14-19(18)22(24)26;1-3-5-6-7-8-11-17-14-15-21-19(16-17)18-12-9-10-13-20(18)22(21)4-2;1-17(22)21(5)19-14-12-18(13-15-19)11-9-7-6-8-10-16-25(23,24)20(2,3)4;1-2-3-4-5-7-10-17-11-13-18(14-12-17)19-15-8-6-9-16-19;1-2-3-4-5-6-7-12-8-10-13(14)11-9-12;4*1-4(2,3)7(5)6/h9-14H,3-8H2,1-2H3;9-10,12-16H,3-8,11H2,1-2H3;12-15H,6-11,16H2,1-5H3;11-14H,2-10,15-16H2,1H3;8-11H,2-7H2,1H3;4*1-3H3,(H,5,6)/p-4. The molecule has 0 N–H and O–H groups in total. The van der Waals surface area contributed by atoms with Crippen LogP contribution in [0.3, 0.4) is 0 Å². The van der Waals surface area contributed by atoms with Gasteiger partial charge in [-0.1, -0.05) is 234 Å². The van der Waals surface area contributed by atoms with E-state index in [2.05, 4.69) is 176 Å². The first-order valence-electron chi connectivity index (χ1n) is 49.2. The number of para-hydroxylation sites is 1. The molecule has 3 heterocycles. The van der Waals surface area contributed by atoms with Crippen molar-refractivity contribution in [3.05, 3.63) is 205 Å². The highest BCUT2D eigenvalue weighted by Gasteiger charge is 2.38. The van der Waals surface area contributed by atoms with Crippen molar-refractivity contribution in [2.45, 2.75) is 394 Å². The smallest absolute Gasteiger partial charge is 0.266 e. The summed E-state index contributed by atoms with van der Waals surface area (Å²) in [6.45, 7) is 43.4. The number of nitrogens with zero attached hydrogens (tertiary/aromatic N) is 4. The molecule has 3 amide bonds. The normalized spacial score (nSPS) is 13.6. The van der Waals surface area contributed by atoms with Gasteiger partial charge in [-0.2, -0.15) is 0 Å². The number of carbonyl (C=O) groups is 3. The topological polar surface area (TPSA) is 261 Å². The van der Waals surface area contributed by atoms with Crippen molar-refractivity contribution in [1.29, 1.82) is 0 Å². The van der Waals surface area contributed by atoms with Crippen LogP contribution >= 0.6 is 34.2 Å². The number of benzene rings is 7. The Hall–Kier alpha value is -5.84. The van der Waals surface area contributed by atoms with Crippen LogP contribution in [0.25, 0.3) is 21.8 Å². The molecule has 2 aliphatic heterocycles. The fraction of sp³-hybridized carbons (Fsp3) is 0.591.